The van der Waals surface area contributed by atoms with E-state index in [9.17, 15) is 23.5 Å². The molecule has 0 atom stereocenters. The first-order valence-corrected chi connectivity index (χ1v) is 9.44. The molecule has 0 unspecified atom stereocenters. The molecule has 0 aliphatic heterocycles. The number of halogens is 2. The normalized spacial score (nSPS) is 11.5. The summed E-state index contributed by atoms with van der Waals surface area (Å²) in [5.41, 5.74) is -0.216. The first-order valence-electron chi connectivity index (χ1n) is 9.44. The molecule has 160 valence electrons. The number of carboxylic acids is 1. The predicted octanol–water partition coefficient (Wildman–Crippen LogP) is 3.00. The van der Waals surface area contributed by atoms with Gasteiger partial charge in [0.2, 0.25) is 5.95 Å². The summed E-state index contributed by atoms with van der Waals surface area (Å²) in [5, 5.41) is 16.9. The van der Waals surface area contributed by atoms with Crippen molar-refractivity contribution in [2.75, 3.05) is 0 Å². The largest absolute Gasteiger partial charge is 0.477 e. The first-order chi connectivity index (χ1) is 15.3. The van der Waals surface area contributed by atoms with E-state index < -0.39 is 23.3 Å². The van der Waals surface area contributed by atoms with Crippen LogP contribution in [0.15, 0.2) is 41.5 Å². The third-order valence-corrected chi connectivity index (χ3v) is 5.24. The summed E-state index contributed by atoms with van der Waals surface area (Å²) < 4.78 is 30.4. The molecule has 0 aliphatic carbocycles. The Morgan fingerprint density at radius 3 is 2.81 bits per heavy atom. The minimum absolute atomic E-state index is 0.0233. The minimum Gasteiger partial charge on any atom is -0.477 e. The first kappa shape index (κ1) is 19.5. The Kier molecular flexibility index (Phi) is 4.33. The fourth-order valence-corrected chi connectivity index (χ4v) is 3.77. The average molecular weight is 436 g/mol. The highest BCUT2D eigenvalue weighted by Crippen LogP contribution is 2.34. The van der Waals surface area contributed by atoms with Crippen molar-refractivity contribution in [3.63, 3.8) is 0 Å². The lowest BCUT2D eigenvalue weighted by molar-refractivity contribution is 0.0687. The number of nitrogens with one attached hydrogen (secondary N) is 2. The highest BCUT2D eigenvalue weighted by molar-refractivity contribution is 6.06. The third-order valence-electron chi connectivity index (χ3n) is 5.24. The molecule has 0 spiro atoms. The van der Waals surface area contributed by atoms with Crippen molar-refractivity contribution in [2.45, 2.75) is 13.5 Å². The van der Waals surface area contributed by atoms with Gasteiger partial charge in [-0.2, -0.15) is 14.5 Å². The predicted molar refractivity (Wildman–Crippen MR) is 110 cm³/mol. The van der Waals surface area contributed by atoms with Gasteiger partial charge in [0.25, 0.3) is 5.56 Å². The van der Waals surface area contributed by atoms with E-state index in [1.807, 2.05) is 0 Å². The van der Waals surface area contributed by atoms with Gasteiger partial charge in [0, 0.05) is 28.8 Å². The minimum atomic E-state index is -1.38. The van der Waals surface area contributed by atoms with Crippen LogP contribution in [0, 0.1) is 18.7 Å². The van der Waals surface area contributed by atoms with Crippen LogP contribution >= 0.6 is 0 Å². The highest BCUT2D eigenvalue weighted by Gasteiger charge is 2.28. The number of pyridine rings is 3. The van der Waals surface area contributed by atoms with Gasteiger partial charge in [0.05, 0.1) is 35.0 Å². The van der Waals surface area contributed by atoms with Crippen molar-refractivity contribution in [1.29, 1.82) is 0 Å². The van der Waals surface area contributed by atoms with Crippen LogP contribution in [0.5, 0.6) is 0 Å². The maximum absolute atomic E-state index is 14.7. The molecule has 0 aromatic carbocycles. The fraction of sp³-hybridized carbons (Fsp3) is 0.0952. The van der Waals surface area contributed by atoms with Gasteiger partial charge in [0.15, 0.2) is 5.65 Å². The summed E-state index contributed by atoms with van der Waals surface area (Å²) in [6, 6.07) is 5.60. The quantitative estimate of drug-likeness (QED) is 0.372. The third kappa shape index (κ3) is 2.94. The molecule has 32 heavy (non-hydrogen) atoms. The van der Waals surface area contributed by atoms with E-state index in [1.54, 1.807) is 6.07 Å². The van der Waals surface area contributed by atoms with E-state index in [-0.39, 0.29) is 51.3 Å². The molecule has 0 amide bonds. The van der Waals surface area contributed by atoms with Gasteiger partial charge in [-0.15, -0.1) is 0 Å². The maximum Gasteiger partial charge on any atom is 0.353 e. The van der Waals surface area contributed by atoms with Crippen LogP contribution in [0.25, 0.3) is 33.2 Å². The Labute approximate surface area is 177 Å². The van der Waals surface area contributed by atoms with Crippen LogP contribution in [-0.2, 0) is 6.54 Å². The lowest BCUT2D eigenvalue weighted by atomic mass is 10.1. The average Bonchev–Trinajstić information content (AvgIpc) is 3.31. The van der Waals surface area contributed by atoms with Gasteiger partial charge in [-0.05, 0) is 25.1 Å². The number of hydrogen-bond donors (Lipinski definition) is 3. The number of aromatic nitrogens is 6. The Bertz CT molecular complexity index is 1600. The summed E-state index contributed by atoms with van der Waals surface area (Å²) >= 11 is 0. The molecule has 5 rings (SSSR count). The van der Waals surface area contributed by atoms with Crippen molar-refractivity contribution in [3.8, 4) is 11.1 Å². The highest BCUT2D eigenvalue weighted by atomic mass is 19.1. The molecule has 9 nitrogen and oxygen atoms in total. The van der Waals surface area contributed by atoms with E-state index in [0.717, 1.165) is 6.07 Å². The van der Waals surface area contributed by atoms with Gasteiger partial charge in [-0.1, -0.05) is 0 Å². The Hall–Kier alpha value is -4.41. The molecule has 5 heterocycles. The molecule has 5 aromatic heterocycles. The zero-order valence-corrected chi connectivity index (χ0v) is 16.5. The van der Waals surface area contributed by atoms with Crippen LogP contribution in [0.3, 0.4) is 0 Å². The van der Waals surface area contributed by atoms with Crippen molar-refractivity contribution in [2.24, 2.45) is 0 Å². The van der Waals surface area contributed by atoms with Gasteiger partial charge in [-0.25, -0.2) is 14.2 Å². The summed E-state index contributed by atoms with van der Waals surface area (Å²) in [6.07, 6.45) is 2.86. The van der Waals surface area contributed by atoms with Crippen LogP contribution < -0.4 is 5.56 Å². The second-order valence-corrected chi connectivity index (χ2v) is 7.20. The standard InChI is InChI=1S/C21H14F2N6O3/c1-9-13(22)6-14-16(26-9)15(12-3-2-4-24-20(12)30)17(21(31)32)29(14)8-11-5-10-7-25-28-19(10)27-18(11)23/h2-7H,8H2,1H3,(H,24,30)(H,31,32)(H,25,27,28). The molecule has 0 fully saturated rings. The Morgan fingerprint density at radius 2 is 2.06 bits per heavy atom. The van der Waals surface area contributed by atoms with E-state index in [4.69, 9.17) is 0 Å². The number of aromatic amines is 2. The smallest absolute Gasteiger partial charge is 0.353 e. The number of carboxylic acid groups (broad SMARTS) is 1. The number of rotatable bonds is 4. The molecule has 0 saturated carbocycles. The molecule has 0 radical (unpaired) electrons. The number of aromatic carboxylic acids is 1. The van der Waals surface area contributed by atoms with E-state index in [0.29, 0.717) is 5.39 Å². The summed E-state index contributed by atoms with van der Waals surface area (Å²) in [7, 11) is 0. The number of H-pyrrole nitrogens is 2. The summed E-state index contributed by atoms with van der Waals surface area (Å²) in [6.45, 7) is 1.15. The van der Waals surface area contributed by atoms with Gasteiger partial charge >= 0.3 is 5.97 Å². The second kappa shape index (κ2) is 7.08. The molecule has 11 heteroatoms. The van der Waals surface area contributed by atoms with E-state index >= 15 is 0 Å². The Balaban J connectivity index is 1.85. The molecular formula is C21H14F2N6O3. The number of hydrogen-bond acceptors (Lipinski definition) is 5. The van der Waals surface area contributed by atoms with Crippen molar-refractivity contribution in [1.82, 2.24) is 29.7 Å². The van der Waals surface area contributed by atoms with E-state index in [2.05, 4.69) is 25.1 Å². The molecule has 3 N–H and O–H groups in total. The van der Waals surface area contributed by atoms with Crippen molar-refractivity contribution >= 4 is 28.0 Å². The van der Waals surface area contributed by atoms with Crippen LogP contribution in [-0.4, -0.2) is 40.8 Å². The topological polar surface area (TPSA) is 130 Å². The summed E-state index contributed by atoms with van der Waals surface area (Å²) in [5.74, 6) is -2.87. The van der Waals surface area contributed by atoms with Gasteiger partial charge in [0.1, 0.15) is 11.5 Å². The zero-order valence-electron chi connectivity index (χ0n) is 16.5. The lowest BCUT2D eigenvalue weighted by Gasteiger charge is -2.10. The van der Waals surface area contributed by atoms with Gasteiger partial charge in [-0.3, -0.25) is 9.89 Å². The molecule has 5 aromatic rings. The SMILES string of the molecule is Cc1nc2c(-c3ccc[nH]c3=O)c(C(=O)O)n(Cc3cc4cn[nH]c4nc3F)c2cc1F. The number of fused-ring (bicyclic) bond motifs is 2. The van der Waals surface area contributed by atoms with Crippen molar-refractivity contribution < 1.29 is 18.7 Å². The molecule has 0 saturated heterocycles. The monoisotopic (exact) mass is 436 g/mol. The van der Waals surface area contributed by atoms with E-state index in [1.165, 1.54) is 36.0 Å². The van der Waals surface area contributed by atoms with Crippen molar-refractivity contribution in [3.05, 3.63) is 75.7 Å². The second-order valence-electron chi connectivity index (χ2n) is 7.20. The number of carbonyl (C=O) groups is 1. The molecule has 0 aliphatic rings. The van der Waals surface area contributed by atoms with Crippen LogP contribution in [0.1, 0.15) is 21.7 Å². The molecule has 0 bridgehead atoms. The van der Waals surface area contributed by atoms with Crippen LogP contribution in [0.2, 0.25) is 0 Å². The zero-order chi connectivity index (χ0) is 22.6. The Morgan fingerprint density at radius 1 is 1.25 bits per heavy atom. The van der Waals surface area contributed by atoms with Crippen LogP contribution in [0.4, 0.5) is 8.78 Å². The number of nitrogens with zero attached hydrogens (tertiary/aromatic N) is 4. The molecular weight excluding hydrogens is 422 g/mol. The van der Waals surface area contributed by atoms with Gasteiger partial charge < -0.3 is 14.7 Å². The fourth-order valence-electron chi connectivity index (χ4n) is 3.77. The maximum atomic E-state index is 14.7. The number of aryl methyl sites for hydroxylation is 1. The lowest BCUT2D eigenvalue weighted by Crippen LogP contribution is -2.14. The summed E-state index contributed by atoms with van der Waals surface area (Å²) in [4.78, 5) is 35.4.